The van der Waals surface area contributed by atoms with Gasteiger partial charge in [-0.1, -0.05) is 35.8 Å². The lowest BCUT2D eigenvalue weighted by molar-refractivity contribution is 0.0945. The number of benzene rings is 1. The normalized spacial score (nSPS) is 12.3. The zero-order valence-corrected chi connectivity index (χ0v) is 12.3. The standard InChI is InChI=1S/C13H17BrFNO2/c1-8(2)9(14)7-16-13(17)12-10(15)5-4-6-11(12)18-3/h4-6,8-9H,7H2,1-3H3,(H,16,17). The van der Waals surface area contributed by atoms with Crippen LogP contribution in [-0.2, 0) is 0 Å². The second-order valence-corrected chi connectivity index (χ2v) is 5.46. The summed E-state index contributed by atoms with van der Waals surface area (Å²) in [6.45, 7) is 4.51. The predicted octanol–water partition coefficient (Wildman–Crippen LogP) is 2.98. The van der Waals surface area contributed by atoms with Crippen molar-refractivity contribution in [3.63, 3.8) is 0 Å². The molecule has 0 saturated heterocycles. The Kier molecular flexibility index (Phi) is 5.59. The molecule has 3 nitrogen and oxygen atoms in total. The number of hydrogen-bond donors (Lipinski definition) is 1. The summed E-state index contributed by atoms with van der Waals surface area (Å²) in [4.78, 5) is 12.1. The smallest absolute Gasteiger partial charge is 0.258 e. The van der Waals surface area contributed by atoms with Crippen LogP contribution in [0.25, 0.3) is 0 Å². The molecule has 100 valence electrons. The van der Waals surface area contributed by atoms with Gasteiger partial charge in [-0.3, -0.25) is 4.79 Å². The zero-order chi connectivity index (χ0) is 13.7. The van der Waals surface area contributed by atoms with Gasteiger partial charge in [-0.05, 0) is 18.1 Å². The number of rotatable bonds is 5. The maximum Gasteiger partial charge on any atom is 0.258 e. The maximum absolute atomic E-state index is 13.6. The monoisotopic (exact) mass is 317 g/mol. The van der Waals surface area contributed by atoms with Crippen molar-refractivity contribution in [2.24, 2.45) is 5.92 Å². The van der Waals surface area contributed by atoms with Crippen molar-refractivity contribution in [3.8, 4) is 5.75 Å². The Bertz CT molecular complexity index is 423. The van der Waals surface area contributed by atoms with E-state index in [4.69, 9.17) is 4.74 Å². The van der Waals surface area contributed by atoms with Gasteiger partial charge in [-0.15, -0.1) is 0 Å². The van der Waals surface area contributed by atoms with E-state index in [1.165, 1.54) is 19.2 Å². The average Bonchev–Trinajstić information content (AvgIpc) is 2.34. The number of halogens is 2. The second-order valence-electron chi connectivity index (χ2n) is 4.29. The van der Waals surface area contributed by atoms with E-state index < -0.39 is 11.7 Å². The molecule has 0 aliphatic rings. The minimum absolute atomic E-state index is 0.0524. The van der Waals surface area contributed by atoms with Gasteiger partial charge in [-0.25, -0.2) is 4.39 Å². The van der Waals surface area contributed by atoms with Gasteiger partial charge in [0.1, 0.15) is 17.1 Å². The Balaban J connectivity index is 2.78. The molecule has 0 fully saturated rings. The van der Waals surface area contributed by atoms with Crippen LogP contribution in [0, 0.1) is 11.7 Å². The molecule has 0 bridgehead atoms. The summed E-state index contributed by atoms with van der Waals surface area (Å²) in [6, 6.07) is 4.31. The summed E-state index contributed by atoms with van der Waals surface area (Å²) >= 11 is 3.46. The number of hydrogen-bond acceptors (Lipinski definition) is 2. The molecule has 0 heterocycles. The van der Waals surface area contributed by atoms with Crippen LogP contribution in [-0.4, -0.2) is 24.4 Å². The molecule has 5 heteroatoms. The summed E-state index contributed by atoms with van der Waals surface area (Å²) < 4.78 is 18.6. The number of ether oxygens (including phenoxy) is 1. The predicted molar refractivity (Wildman–Crippen MR) is 72.8 cm³/mol. The van der Waals surface area contributed by atoms with Crippen LogP contribution in [0.1, 0.15) is 24.2 Å². The van der Waals surface area contributed by atoms with Gasteiger partial charge in [-0.2, -0.15) is 0 Å². The Hall–Kier alpha value is -1.10. The first-order valence-electron chi connectivity index (χ1n) is 5.72. The molecular formula is C13H17BrFNO2. The van der Waals surface area contributed by atoms with Gasteiger partial charge < -0.3 is 10.1 Å². The SMILES string of the molecule is COc1cccc(F)c1C(=O)NCC(Br)C(C)C. The molecule has 1 unspecified atom stereocenters. The first-order valence-corrected chi connectivity index (χ1v) is 6.63. The highest BCUT2D eigenvalue weighted by Crippen LogP contribution is 2.21. The van der Waals surface area contributed by atoms with Crippen molar-refractivity contribution >= 4 is 21.8 Å². The molecule has 0 radical (unpaired) electrons. The lowest BCUT2D eigenvalue weighted by Crippen LogP contribution is -2.32. The van der Waals surface area contributed by atoms with E-state index in [0.29, 0.717) is 12.5 Å². The second kappa shape index (κ2) is 6.73. The average molecular weight is 318 g/mol. The summed E-state index contributed by atoms with van der Waals surface area (Å²) in [7, 11) is 1.41. The number of carbonyl (C=O) groups is 1. The van der Waals surface area contributed by atoms with E-state index in [9.17, 15) is 9.18 Å². The molecule has 18 heavy (non-hydrogen) atoms. The Morgan fingerprint density at radius 3 is 2.72 bits per heavy atom. The lowest BCUT2D eigenvalue weighted by atomic mass is 10.1. The van der Waals surface area contributed by atoms with Crippen LogP contribution < -0.4 is 10.1 Å². The van der Waals surface area contributed by atoms with Gasteiger partial charge in [0, 0.05) is 11.4 Å². The minimum atomic E-state index is -0.581. The summed E-state index contributed by atoms with van der Waals surface area (Å²) in [5.41, 5.74) is -0.0524. The highest BCUT2D eigenvalue weighted by molar-refractivity contribution is 9.09. The van der Waals surface area contributed by atoms with Crippen molar-refractivity contribution in [1.82, 2.24) is 5.32 Å². The van der Waals surface area contributed by atoms with Crippen LogP contribution >= 0.6 is 15.9 Å². The van der Waals surface area contributed by atoms with Gasteiger partial charge in [0.2, 0.25) is 0 Å². The highest BCUT2D eigenvalue weighted by Gasteiger charge is 2.18. The largest absolute Gasteiger partial charge is 0.496 e. The molecule has 0 aliphatic carbocycles. The number of alkyl halides is 1. The molecule has 0 spiro atoms. The van der Waals surface area contributed by atoms with Gasteiger partial charge in [0.15, 0.2) is 0 Å². The zero-order valence-electron chi connectivity index (χ0n) is 10.7. The molecule has 0 aliphatic heterocycles. The molecule has 0 aromatic heterocycles. The Morgan fingerprint density at radius 2 is 2.17 bits per heavy atom. The molecule has 1 rings (SSSR count). The fraction of sp³-hybridized carbons (Fsp3) is 0.462. The summed E-state index contributed by atoms with van der Waals surface area (Å²) in [5.74, 6) is -0.423. The Labute approximate surface area is 115 Å². The Morgan fingerprint density at radius 1 is 1.50 bits per heavy atom. The summed E-state index contributed by atoms with van der Waals surface area (Å²) in [5, 5.41) is 2.69. The van der Waals surface area contributed by atoms with Crippen LogP contribution in [0.2, 0.25) is 0 Å². The van der Waals surface area contributed by atoms with E-state index in [-0.39, 0.29) is 16.1 Å². The van der Waals surface area contributed by atoms with Gasteiger partial charge in [0.05, 0.1) is 7.11 Å². The van der Waals surface area contributed by atoms with E-state index >= 15 is 0 Å². The van der Waals surface area contributed by atoms with Crippen molar-refractivity contribution in [2.75, 3.05) is 13.7 Å². The molecule has 1 aromatic rings. The summed E-state index contributed by atoms with van der Waals surface area (Å²) in [6.07, 6.45) is 0. The lowest BCUT2D eigenvalue weighted by Gasteiger charge is -2.15. The first kappa shape index (κ1) is 15.0. The highest BCUT2D eigenvalue weighted by atomic mass is 79.9. The van der Waals surface area contributed by atoms with Crippen LogP contribution in [0.3, 0.4) is 0 Å². The number of methoxy groups -OCH3 is 1. The van der Waals surface area contributed by atoms with Crippen LogP contribution in [0.4, 0.5) is 4.39 Å². The van der Waals surface area contributed by atoms with Crippen LogP contribution in [0.5, 0.6) is 5.75 Å². The van der Waals surface area contributed by atoms with E-state index in [2.05, 4.69) is 21.2 Å². The molecule has 1 aromatic carbocycles. The molecule has 1 atom stereocenters. The van der Waals surface area contributed by atoms with Crippen molar-refractivity contribution < 1.29 is 13.9 Å². The van der Waals surface area contributed by atoms with Crippen molar-refractivity contribution in [3.05, 3.63) is 29.6 Å². The molecule has 1 N–H and O–H groups in total. The fourth-order valence-corrected chi connectivity index (χ4v) is 1.57. The topological polar surface area (TPSA) is 38.3 Å². The number of carbonyl (C=O) groups excluding carboxylic acids is 1. The van der Waals surface area contributed by atoms with E-state index in [0.717, 1.165) is 0 Å². The van der Waals surface area contributed by atoms with E-state index in [1.54, 1.807) is 6.07 Å². The first-order chi connectivity index (χ1) is 8.47. The number of nitrogens with one attached hydrogen (secondary N) is 1. The molecule has 1 amide bonds. The van der Waals surface area contributed by atoms with Gasteiger partial charge in [0.25, 0.3) is 5.91 Å². The minimum Gasteiger partial charge on any atom is -0.496 e. The van der Waals surface area contributed by atoms with Crippen molar-refractivity contribution in [2.45, 2.75) is 18.7 Å². The van der Waals surface area contributed by atoms with Crippen molar-refractivity contribution in [1.29, 1.82) is 0 Å². The molecule has 0 saturated carbocycles. The third-order valence-corrected chi connectivity index (χ3v) is 3.98. The van der Waals surface area contributed by atoms with E-state index in [1.807, 2.05) is 13.8 Å². The quantitative estimate of drug-likeness (QED) is 0.848. The fourth-order valence-electron chi connectivity index (χ4n) is 1.41. The van der Waals surface area contributed by atoms with Gasteiger partial charge >= 0.3 is 0 Å². The third-order valence-electron chi connectivity index (χ3n) is 2.60. The third kappa shape index (κ3) is 3.70. The van der Waals surface area contributed by atoms with Crippen LogP contribution in [0.15, 0.2) is 18.2 Å². The number of amides is 1. The maximum atomic E-state index is 13.6. The molecular weight excluding hydrogens is 301 g/mol.